The van der Waals surface area contributed by atoms with E-state index in [2.05, 4.69) is 5.10 Å². The van der Waals surface area contributed by atoms with Gasteiger partial charge >= 0.3 is 0 Å². The number of rotatable bonds is 1. The van der Waals surface area contributed by atoms with E-state index in [4.69, 9.17) is 22.6 Å². The van der Waals surface area contributed by atoms with Gasteiger partial charge in [0.05, 0.1) is 0 Å². The maximum absolute atomic E-state index is 8.83. The molecule has 0 aromatic rings. The van der Waals surface area contributed by atoms with Gasteiger partial charge in [-0.2, -0.15) is 5.10 Å². The smallest absolute Gasteiger partial charge is 0.189 e. The Labute approximate surface area is 63.6 Å². The molecule has 0 saturated heterocycles. The van der Waals surface area contributed by atoms with Crippen molar-refractivity contribution in [3.63, 3.8) is 0 Å². The van der Waals surface area contributed by atoms with Crippen molar-refractivity contribution in [2.75, 3.05) is 13.7 Å². The van der Waals surface area contributed by atoms with E-state index in [1.165, 1.54) is 5.01 Å². The van der Waals surface area contributed by atoms with Crippen molar-refractivity contribution in [3.8, 4) is 0 Å². The van der Waals surface area contributed by atoms with E-state index in [1.807, 2.05) is 0 Å². The zero-order chi connectivity index (χ0) is 7.72. The second kappa shape index (κ2) is 2.61. The number of nitrogens with two attached hydrogens (primary N) is 1. The summed E-state index contributed by atoms with van der Waals surface area (Å²) in [6, 6.07) is 0. The quantitative estimate of drug-likeness (QED) is 0.383. The summed E-state index contributed by atoms with van der Waals surface area (Å²) in [4.78, 5) is 0. The molecule has 0 radical (unpaired) electrons. The summed E-state index contributed by atoms with van der Waals surface area (Å²) in [6.07, 6.45) is 0. The molecular weight excluding hydrogens is 156 g/mol. The lowest BCUT2D eigenvalue weighted by Gasteiger charge is -2.12. The van der Waals surface area contributed by atoms with E-state index < -0.39 is 5.56 Å². The van der Waals surface area contributed by atoms with Gasteiger partial charge in [-0.15, -0.1) is 0 Å². The average Bonchev–Trinajstić information content (AvgIpc) is 2.10. The molecule has 1 rings (SSSR count). The molecule has 0 spiro atoms. The maximum Gasteiger partial charge on any atom is 0.189 e. The lowest BCUT2D eigenvalue weighted by atomic mass is 10.6. The normalized spacial score (nSPS) is 21.4. The standard InChI is InChI=1S/C4H9ClN4O/c1-8-2-9(6)4(7-8)3(5)10/h3,10H,2,6H2,1H3. The molecule has 1 unspecified atom stereocenters. The third kappa shape index (κ3) is 1.31. The zero-order valence-corrected chi connectivity index (χ0v) is 6.28. The van der Waals surface area contributed by atoms with Gasteiger partial charge in [-0.05, 0) is 0 Å². The van der Waals surface area contributed by atoms with Crippen LogP contribution in [0.5, 0.6) is 0 Å². The van der Waals surface area contributed by atoms with Crippen molar-refractivity contribution in [2.45, 2.75) is 5.56 Å². The summed E-state index contributed by atoms with van der Waals surface area (Å²) >= 11 is 5.32. The van der Waals surface area contributed by atoms with Crippen LogP contribution >= 0.6 is 11.6 Å². The number of hydrogen-bond donors (Lipinski definition) is 2. The van der Waals surface area contributed by atoms with Crippen LogP contribution in [-0.4, -0.2) is 40.2 Å². The third-order valence-corrected chi connectivity index (χ3v) is 1.33. The molecule has 0 fully saturated rings. The molecule has 0 aromatic carbocycles. The van der Waals surface area contributed by atoms with Gasteiger partial charge in [-0.3, -0.25) is 10.0 Å². The average molecular weight is 165 g/mol. The second-order valence-corrected chi connectivity index (χ2v) is 2.48. The lowest BCUT2D eigenvalue weighted by molar-refractivity contribution is 0.265. The minimum Gasteiger partial charge on any atom is -0.371 e. The minimum atomic E-state index is -1.12. The first kappa shape index (κ1) is 7.59. The highest BCUT2D eigenvalue weighted by Gasteiger charge is 2.22. The fourth-order valence-corrected chi connectivity index (χ4v) is 0.910. The van der Waals surface area contributed by atoms with E-state index in [0.29, 0.717) is 6.67 Å². The van der Waals surface area contributed by atoms with Crippen LogP contribution in [0.25, 0.3) is 0 Å². The first-order valence-corrected chi connectivity index (χ1v) is 3.19. The maximum atomic E-state index is 8.83. The SMILES string of the molecule is CN1CN(N)C(C(O)Cl)=N1. The highest BCUT2D eigenvalue weighted by molar-refractivity contribution is 6.30. The molecule has 1 aliphatic rings. The molecule has 3 N–H and O–H groups in total. The first-order valence-electron chi connectivity index (χ1n) is 2.75. The van der Waals surface area contributed by atoms with Crippen LogP contribution in [0.3, 0.4) is 0 Å². The number of hydrazine groups is 1. The molecule has 0 amide bonds. The molecule has 58 valence electrons. The molecule has 5 nitrogen and oxygen atoms in total. The fourth-order valence-electron chi connectivity index (χ4n) is 0.741. The van der Waals surface area contributed by atoms with Gasteiger partial charge in [0.1, 0.15) is 6.67 Å². The number of hydrogen-bond acceptors (Lipinski definition) is 5. The summed E-state index contributed by atoms with van der Waals surface area (Å²) in [7, 11) is 1.74. The number of amidine groups is 1. The van der Waals surface area contributed by atoms with E-state index in [0.717, 1.165) is 0 Å². The van der Waals surface area contributed by atoms with E-state index in [9.17, 15) is 0 Å². The summed E-state index contributed by atoms with van der Waals surface area (Å²) in [5.74, 6) is 5.67. The molecule has 0 aromatic heterocycles. The fraction of sp³-hybridized carbons (Fsp3) is 0.750. The van der Waals surface area contributed by atoms with E-state index >= 15 is 0 Å². The van der Waals surface area contributed by atoms with Crippen molar-refractivity contribution in [3.05, 3.63) is 0 Å². The van der Waals surface area contributed by atoms with Gasteiger partial charge < -0.3 is 5.11 Å². The van der Waals surface area contributed by atoms with Gasteiger partial charge in [-0.1, -0.05) is 11.6 Å². The molecule has 0 bridgehead atoms. The molecule has 10 heavy (non-hydrogen) atoms. The number of aliphatic hydroxyl groups is 1. The first-order chi connectivity index (χ1) is 4.61. The van der Waals surface area contributed by atoms with Crippen LogP contribution < -0.4 is 5.84 Å². The van der Waals surface area contributed by atoms with Crippen molar-refractivity contribution in [2.24, 2.45) is 10.9 Å². The van der Waals surface area contributed by atoms with E-state index in [1.54, 1.807) is 12.1 Å². The number of halogens is 1. The zero-order valence-electron chi connectivity index (χ0n) is 5.53. The van der Waals surface area contributed by atoms with Crippen molar-refractivity contribution < 1.29 is 5.11 Å². The Hall–Kier alpha value is -0.520. The Morgan fingerprint density at radius 2 is 2.50 bits per heavy atom. The summed E-state index contributed by atoms with van der Waals surface area (Å²) < 4.78 is 0. The molecule has 0 saturated carbocycles. The van der Waals surface area contributed by atoms with Crippen LogP contribution in [0, 0.1) is 0 Å². The molecule has 0 aliphatic carbocycles. The molecule has 1 atom stereocenters. The van der Waals surface area contributed by atoms with Crippen LogP contribution in [0.2, 0.25) is 0 Å². The summed E-state index contributed by atoms with van der Waals surface area (Å²) in [6.45, 7) is 0.457. The predicted octanol–water partition coefficient (Wildman–Crippen LogP) is -1.06. The van der Waals surface area contributed by atoms with Gasteiger partial charge in [0, 0.05) is 7.05 Å². The number of alkyl halides is 1. The van der Waals surface area contributed by atoms with Gasteiger partial charge in [0.15, 0.2) is 11.4 Å². The number of hydrazone groups is 1. The van der Waals surface area contributed by atoms with E-state index in [-0.39, 0.29) is 5.84 Å². The topological polar surface area (TPSA) is 65.1 Å². The second-order valence-electron chi connectivity index (χ2n) is 2.06. The van der Waals surface area contributed by atoms with Gasteiger partial charge in [0.25, 0.3) is 0 Å². The third-order valence-electron chi connectivity index (χ3n) is 1.14. The minimum absolute atomic E-state index is 0.282. The van der Waals surface area contributed by atoms with Gasteiger partial charge in [0.2, 0.25) is 0 Å². The van der Waals surface area contributed by atoms with Crippen LogP contribution in [-0.2, 0) is 0 Å². The predicted molar refractivity (Wildman–Crippen MR) is 38.0 cm³/mol. The molecule has 1 aliphatic heterocycles. The van der Waals surface area contributed by atoms with Crippen molar-refractivity contribution in [1.82, 2.24) is 10.0 Å². The van der Waals surface area contributed by atoms with Crippen LogP contribution in [0.1, 0.15) is 0 Å². The molecule has 6 heteroatoms. The Morgan fingerprint density at radius 3 is 2.70 bits per heavy atom. The van der Waals surface area contributed by atoms with Crippen molar-refractivity contribution >= 4 is 17.4 Å². The molecular formula is C4H9ClN4O. The number of nitrogens with zero attached hydrogens (tertiary/aromatic N) is 3. The summed E-state index contributed by atoms with van der Waals surface area (Å²) in [5.41, 5.74) is -1.12. The Bertz CT molecular complexity index is 159. The molecule has 1 heterocycles. The summed E-state index contributed by atoms with van der Waals surface area (Å²) in [5, 5.41) is 15.5. The Balaban J connectivity index is 2.65. The van der Waals surface area contributed by atoms with Crippen molar-refractivity contribution in [1.29, 1.82) is 0 Å². The highest BCUT2D eigenvalue weighted by atomic mass is 35.5. The Kier molecular flexibility index (Phi) is 1.98. The Morgan fingerprint density at radius 1 is 1.90 bits per heavy atom. The number of aliphatic hydroxyl groups excluding tert-OH is 1. The monoisotopic (exact) mass is 164 g/mol. The lowest BCUT2D eigenvalue weighted by Crippen LogP contribution is -2.40. The van der Waals surface area contributed by atoms with Gasteiger partial charge in [-0.25, -0.2) is 5.84 Å². The largest absolute Gasteiger partial charge is 0.371 e. The van der Waals surface area contributed by atoms with Crippen LogP contribution in [0.4, 0.5) is 0 Å². The highest BCUT2D eigenvalue weighted by Crippen LogP contribution is 2.06. The van der Waals surface area contributed by atoms with Crippen LogP contribution in [0.15, 0.2) is 5.10 Å².